The Morgan fingerprint density at radius 3 is 1.79 bits per heavy atom. The van der Waals surface area contributed by atoms with E-state index in [1.54, 1.807) is 42.1 Å². The zero-order valence-corrected chi connectivity index (χ0v) is 43.2. The molecule has 8 N–H and O–H groups in total. The van der Waals surface area contributed by atoms with E-state index in [1.165, 1.54) is 31.4 Å². The third kappa shape index (κ3) is 12.7. The predicted molar refractivity (Wildman–Crippen MR) is 273 cm³/mol. The number of hydrogen-bond acceptors (Lipinski definition) is 19. The summed E-state index contributed by atoms with van der Waals surface area (Å²) in [7, 11) is 1.39. The molecule has 5 heterocycles. The van der Waals surface area contributed by atoms with Gasteiger partial charge >= 0.3 is 11.9 Å². The standard InChI is InChI=1S/C49H54N12O15S/c1-6-27-40(75-23(3)52-27)44(68)57-48-55-30-17-25(42(50)66)19-32(72-5)38(30)59(48)13-8-9-14-60-39-31(56-49(60)58-45(69)41-28(7-2)53-24(4)76-41)18-26(43(51)67)20-33(39)73-15-10-16-74-47(71)29(11-12-37(64)65)54-35(62)22-61-36(63)21-34(77)46(61)70/h8-9,17-20,29,34,77H,6-7,10-16,21-22H2,1-5H3,(H2,50,66)(H2,51,67)(H,54,62)(H,64,65)(H,55,57,68)(H,56,58,69)/b9-8+/t29-,34?/m0/s1. The number of aliphatic carboxylic acids is 1. The Labute approximate surface area is 442 Å². The van der Waals surface area contributed by atoms with Crippen LogP contribution in [0.3, 0.4) is 0 Å². The molecule has 28 heteroatoms. The number of imidazole rings is 2. The van der Waals surface area contributed by atoms with Crippen LogP contribution in [0.25, 0.3) is 22.1 Å². The number of aromatic nitrogens is 6. The highest BCUT2D eigenvalue weighted by molar-refractivity contribution is 7.81. The van der Waals surface area contributed by atoms with Crippen LogP contribution in [-0.4, -0.2) is 131 Å². The first-order chi connectivity index (χ1) is 36.7. The number of carboxylic acids is 1. The molecule has 406 valence electrons. The van der Waals surface area contributed by atoms with Crippen molar-refractivity contribution >= 4 is 99.9 Å². The number of carbonyl (C=O) groups is 9. The van der Waals surface area contributed by atoms with E-state index in [-0.39, 0.29) is 120 Å². The molecule has 4 aromatic heterocycles. The maximum Gasteiger partial charge on any atom is 0.328 e. The lowest BCUT2D eigenvalue weighted by Gasteiger charge is -2.19. The van der Waals surface area contributed by atoms with Crippen molar-refractivity contribution in [3.05, 3.63) is 82.2 Å². The van der Waals surface area contributed by atoms with E-state index < -0.39 is 77.5 Å². The van der Waals surface area contributed by atoms with E-state index in [9.17, 15) is 48.3 Å². The number of allylic oxidation sites excluding steroid dienone is 2. The summed E-state index contributed by atoms with van der Waals surface area (Å²) >= 11 is 4.04. The zero-order chi connectivity index (χ0) is 55.8. The Morgan fingerprint density at radius 1 is 0.805 bits per heavy atom. The SMILES string of the molecule is CCc1nc(C)oc1C(=O)Nc1nc2cc(C(N)=O)cc(OC)c2n1C/C=C/Cn1c(NC(=O)c2oc(C)nc2CC)nc2cc(C(N)=O)cc(OCCCOC(=O)[C@H](CCC(=O)O)NC(=O)CN3C(=O)CC(S)C3=O)c21. The van der Waals surface area contributed by atoms with Gasteiger partial charge in [0, 0.05) is 57.3 Å². The van der Waals surface area contributed by atoms with Gasteiger partial charge in [0.25, 0.3) is 11.8 Å². The second-order valence-electron chi connectivity index (χ2n) is 17.3. The highest BCUT2D eigenvalue weighted by atomic mass is 32.1. The van der Waals surface area contributed by atoms with E-state index in [0.717, 1.165) is 0 Å². The van der Waals surface area contributed by atoms with Crippen molar-refractivity contribution in [2.75, 3.05) is 37.5 Å². The molecule has 7 rings (SSSR count). The number of primary amides is 2. The second-order valence-corrected chi connectivity index (χ2v) is 17.9. The normalized spacial score (nSPS) is 13.8. The van der Waals surface area contributed by atoms with E-state index in [1.807, 2.05) is 6.92 Å². The number of fused-ring (bicyclic) bond motifs is 2. The number of nitrogens with two attached hydrogens (primary N) is 2. The Kier molecular flexibility index (Phi) is 17.4. The monoisotopic (exact) mass is 1080 g/mol. The Hall–Kier alpha value is -9.08. The minimum Gasteiger partial charge on any atom is -0.494 e. The van der Waals surface area contributed by atoms with Crippen LogP contribution < -0.4 is 36.9 Å². The number of imide groups is 1. The van der Waals surface area contributed by atoms with Gasteiger partial charge in [-0.2, -0.15) is 12.6 Å². The number of hydrogen-bond donors (Lipinski definition) is 7. The van der Waals surface area contributed by atoms with Crippen LogP contribution in [0.2, 0.25) is 0 Å². The van der Waals surface area contributed by atoms with Crippen LogP contribution in [0.5, 0.6) is 11.5 Å². The maximum atomic E-state index is 13.9. The van der Waals surface area contributed by atoms with Gasteiger partial charge in [-0.05, 0) is 43.5 Å². The number of anilines is 2. The summed E-state index contributed by atoms with van der Waals surface area (Å²) in [6.07, 6.45) is 3.08. The summed E-state index contributed by atoms with van der Waals surface area (Å²) in [5, 5.41) is 16.3. The van der Waals surface area contributed by atoms with E-state index in [0.29, 0.717) is 34.6 Å². The average molecular weight is 1080 g/mol. The van der Waals surface area contributed by atoms with E-state index in [4.69, 9.17) is 34.5 Å². The summed E-state index contributed by atoms with van der Waals surface area (Å²) in [5.74, 6) is -6.63. The summed E-state index contributed by atoms with van der Waals surface area (Å²) in [5.41, 5.74) is 13.3. The fourth-order valence-corrected chi connectivity index (χ4v) is 8.55. The minimum absolute atomic E-state index is 0.00788. The van der Waals surface area contributed by atoms with Gasteiger partial charge in [0.2, 0.25) is 53.0 Å². The van der Waals surface area contributed by atoms with E-state index in [2.05, 4.69) is 48.5 Å². The van der Waals surface area contributed by atoms with Crippen molar-refractivity contribution in [1.82, 2.24) is 39.3 Å². The van der Waals surface area contributed by atoms with Crippen molar-refractivity contribution in [1.29, 1.82) is 0 Å². The van der Waals surface area contributed by atoms with Crippen molar-refractivity contribution < 1.29 is 71.3 Å². The molecule has 0 radical (unpaired) electrons. The first kappa shape index (κ1) is 55.7. The van der Waals surface area contributed by atoms with Crippen LogP contribution >= 0.6 is 12.6 Å². The number of nitrogens with one attached hydrogen (secondary N) is 3. The molecule has 1 aliphatic heterocycles. The number of aryl methyl sites for hydroxylation is 4. The highest BCUT2D eigenvalue weighted by Gasteiger charge is 2.38. The second kappa shape index (κ2) is 24.1. The molecule has 27 nitrogen and oxygen atoms in total. The first-order valence-corrected chi connectivity index (χ1v) is 24.5. The van der Waals surface area contributed by atoms with Crippen LogP contribution in [-0.2, 0) is 54.6 Å². The lowest BCUT2D eigenvalue weighted by atomic mass is 10.1. The van der Waals surface area contributed by atoms with Crippen LogP contribution in [0.1, 0.15) is 105 Å². The summed E-state index contributed by atoms with van der Waals surface area (Å²) in [4.78, 5) is 133. The number of carbonyl (C=O) groups excluding carboxylic acids is 8. The number of benzene rings is 2. The lowest BCUT2D eigenvalue weighted by Crippen LogP contribution is -2.47. The summed E-state index contributed by atoms with van der Waals surface area (Å²) in [6.45, 7) is 5.61. The van der Waals surface area contributed by atoms with Gasteiger partial charge in [-0.15, -0.1) is 0 Å². The predicted octanol–water partition coefficient (Wildman–Crippen LogP) is 2.79. The summed E-state index contributed by atoms with van der Waals surface area (Å²) in [6, 6.07) is 4.20. The molecule has 2 aromatic carbocycles. The van der Waals surface area contributed by atoms with Gasteiger partial charge in [-0.3, -0.25) is 53.9 Å². The molecular formula is C49H54N12O15S. The Balaban J connectivity index is 1.16. The molecule has 77 heavy (non-hydrogen) atoms. The number of amides is 7. The molecule has 1 fully saturated rings. The molecule has 1 unspecified atom stereocenters. The third-order valence-corrected chi connectivity index (χ3v) is 12.3. The topological polar surface area (TPSA) is 381 Å². The number of carboxylic acid groups (broad SMARTS) is 1. The third-order valence-electron chi connectivity index (χ3n) is 11.9. The molecule has 1 saturated heterocycles. The first-order valence-electron chi connectivity index (χ1n) is 24.0. The van der Waals surface area contributed by atoms with Crippen LogP contribution in [0.15, 0.2) is 45.3 Å². The van der Waals surface area contributed by atoms with Gasteiger partial charge in [0.1, 0.15) is 35.1 Å². The fraction of sp³-hybridized carbons (Fsp3) is 0.367. The average Bonchev–Trinajstić information content (AvgIpc) is 4.22. The molecule has 6 aromatic rings. The van der Waals surface area contributed by atoms with Gasteiger partial charge < -0.3 is 54.1 Å². The van der Waals surface area contributed by atoms with Gasteiger partial charge in [-0.1, -0.05) is 26.0 Å². The van der Waals surface area contributed by atoms with Gasteiger partial charge in [-0.25, -0.2) is 24.7 Å². The van der Waals surface area contributed by atoms with E-state index >= 15 is 0 Å². The smallest absolute Gasteiger partial charge is 0.328 e. The highest BCUT2D eigenvalue weighted by Crippen LogP contribution is 2.33. The molecule has 0 spiro atoms. The van der Waals surface area contributed by atoms with Crippen molar-refractivity contribution in [2.45, 2.75) is 90.6 Å². The van der Waals surface area contributed by atoms with Crippen molar-refractivity contribution in [3.63, 3.8) is 0 Å². The lowest BCUT2D eigenvalue weighted by molar-refractivity contribution is -0.149. The molecular weight excluding hydrogens is 1030 g/mol. The number of rotatable bonds is 25. The largest absolute Gasteiger partial charge is 0.494 e. The molecule has 2 atom stereocenters. The van der Waals surface area contributed by atoms with Crippen molar-refractivity contribution in [3.8, 4) is 11.5 Å². The Morgan fingerprint density at radius 2 is 1.32 bits per heavy atom. The number of thiol groups is 1. The van der Waals surface area contributed by atoms with Crippen molar-refractivity contribution in [2.24, 2.45) is 11.5 Å². The number of likely N-dealkylation sites (tertiary alicyclic amines) is 1. The summed E-state index contributed by atoms with van der Waals surface area (Å²) < 4.78 is 31.7. The molecule has 0 bridgehead atoms. The molecule has 0 aliphatic carbocycles. The number of oxazole rings is 2. The molecule has 0 saturated carbocycles. The number of methoxy groups -OCH3 is 1. The number of esters is 1. The minimum atomic E-state index is -1.46. The van der Waals surface area contributed by atoms with Crippen LogP contribution in [0.4, 0.5) is 11.9 Å². The van der Waals surface area contributed by atoms with Crippen LogP contribution in [0, 0.1) is 13.8 Å². The van der Waals surface area contributed by atoms with Gasteiger partial charge in [0.15, 0.2) is 11.8 Å². The molecule has 1 aliphatic rings. The quantitative estimate of drug-likeness (QED) is 0.0142. The number of ether oxygens (including phenoxy) is 3. The maximum absolute atomic E-state index is 13.9. The Bertz CT molecular complexity index is 3370. The van der Waals surface area contributed by atoms with Gasteiger partial charge in [0.05, 0.1) is 48.0 Å². The fourth-order valence-electron chi connectivity index (χ4n) is 8.25. The molecule has 7 amide bonds. The number of nitrogens with zero attached hydrogens (tertiary/aromatic N) is 7. The zero-order valence-electron chi connectivity index (χ0n) is 42.3.